The summed E-state index contributed by atoms with van der Waals surface area (Å²) in [5, 5.41) is 9.53. The number of alkyl carbamates (subject to hydrolysis) is 1. The van der Waals surface area contributed by atoms with Gasteiger partial charge in [-0.3, -0.25) is 0 Å². The fourth-order valence-corrected chi connectivity index (χ4v) is 2.98. The summed E-state index contributed by atoms with van der Waals surface area (Å²) >= 11 is 5.94. The molecule has 1 atom stereocenters. The summed E-state index contributed by atoms with van der Waals surface area (Å²) < 4.78 is 5.16. The molecule has 1 aliphatic heterocycles. The van der Waals surface area contributed by atoms with Crippen molar-refractivity contribution in [1.29, 1.82) is 0 Å². The number of nitrogens with one attached hydrogen (secondary N) is 3. The van der Waals surface area contributed by atoms with E-state index in [0.29, 0.717) is 24.7 Å². The smallest absolute Gasteiger partial charge is 0.407 e. The van der Waals surface area contributed by atoms with E-state index in [1.807, 2.05) is 29.2 Å². The van der Waals surface area contributed by atoms with Gasteiger partial charge in [-0.15, -0.1) is 0 Å². The van der Waals surface area contributed by atoms with E-state index in [4.69, 9.17) is 16.3 Å². The molecule has 27 heavy (non-hydrogen) atoms. The van der Waals surface area contributed by atoms with E-state index >= 15 is 0 Å². The van der Waals surface area contributed by atoms with Gasteiger partial charge in [0.05, 0.1) is 0 Å². The topological polar surface area (TPSA) is 82.7 Å². The molecule has 3 N–H and O–H groups in total. The van der Waals surface area contributed by atoms with Crippen molar-refractivity contribution in [3.05, 3.63) is 34.9 Å². The number of urea groups is 1. The fraction of sp³-hybridized carbons (Fsp3) is 0.579. The van der Waals surface area contributed by atoms with Crippen LogP contribution in [0.15, 0.2) is 24.3 Å². The van der Waals surface area contributed by atoms with Crippen molar-refractivity contribution in [3.8, 4) is 0 Å². The number of nitrogens with zero attached hydrogens (tertiary/aromatic N) is 1. The molecular formula is C19H29ClN4O3. The molecule has 0 bridgehead atoms. The number of piperazine rings is 1. The van der Waals surface area contributed by atoms with Crippen molar-refractivity contribution >= 4 is 23.7 Å². The Hall–Kier alpha value is -1.99. The second kappa shape index (κ2) is 9.80. The molecule has 0 aromatic heterocycles. The number of benzene rings is 1. The first-order valence-electron chi connectivity index (χ1n) is 9.21. The second-order valence-corrected chi connectivity index (χ2v) is 7.98. The largest absolute Gasteiger partial charge is 0.444 e. The molecule has 2 rings (SSSR count). The summed E-state index contributed by atoms with van der Waals surface area (Å²) in [6.45, 7) is 8.22. The lowest BCUT2D eigenvalue weighted by molar-refractivity contribution is 0.0528. The molecule has 1 heterocycles. The van der Waals surface area contributed by atoms with Gasteiger partial charge in [0.25, 0.3) is 0 Å². The van der Waals surface area contributed by atoms with Crippen molar-refractivity contribution in [2.24, 2.45) is 0 Å². The standard InChI is InChI=1S/C19H29ClN4O3/c1-19(2,3)27-18(26)23-9-8-22-17(25)24-11-10-21-13-16(24)12-14-4-6-15(20)7-5-14/h4-7,16,21H,8-13H2,1-3H3,(H,22,25)(H,23,26). The van der Waals surface area contributed by atoms with E-state index in [-0.39, 0.29) is 12.1 Å². The van der Waals surface area contributed by atoms with E-state index in [2.05, 4.69) is 16.0 Å². The first-order chi connectivity index (χ1) is 12.7. The van der Waals surface area contributed by atoms with Gasteiger partial charge in [0.15, 0.2) is 0 Å². The van der Waals surface area contributed by atoms with E-state index in [0.717, 1.165) is 25.1 Å². The minimum atomic E-state index is -0.539. The molecule has 1 fully saturated rings. The van der Waals surface area contributed by atoms with Gasteiger partial charge in [-0.25, -0.2) is 9.59 Å². The highest BCUT2D eigenvalue weighted by Gasteiger charge is 2.26. The van der Waals surface area contributed by atoms with E-state index in [9.17, 15) is 9.59 Å². The van der Waals surface area contributed by atoms with Gasteiger partial charge in [-0.1, -0.05) is 23.7 Å². The Balaban J connectivity index is 1.78. The zero-order chi connectivity index (χ0) is 19.9. The monoisotopic (exact) mass is 396 g/mol. The van der Waals surface area contributed by atoms with Crippen LogP contribution < -0.4 is 16.0 Å². The predicted molar refractivity (Wildman–Crippen MR) is 106 cm³/mol. The molecule has 1 aromatic carbocycles. The van der Waals surface area contributed by atoms with Crippen molar-refractivity contribution in [2.75, 3.05) is 32.7 Å². The normalized spacial score (nSPS) is 17.3. The molecule has 1 unspecified atom stereocenters. The molecule has 150 valence electrons. The van der Waals surface area contributed by atoms with Crippen molar-refractivity contribution < 1.29 is 14.3 Å². The van der Waals surface area contributed by atoms with Gasteiger partial charge in [-0.05, 0) is 44.9 Å². The van der Waals surface area contributed by atoms with Crippen LogP contribution in [0.4, 0.5) is 9.59 Å². The highest BCUT2D eigenvalue weighted by molar-refractivity contribution is 6.30. The van der Waals surface area contributed by atoms with Crippen LogP contribution in [-0.2, 0) is 11.2 Å². The van der Waals surface area contributed by atoms with E-state index in [1.165, 1.54) is 0 Å². The van der Waals surface area contributed by atoms with E-state index in [1.54, 1.807) is 20.8 Å². The Morgan fingerprint density at radius 2 is 1.89 bits per heavy atom. The summed E-state index contributed by atoms with van der Waals surface area (Å²) in [4.78, 5) is 26.0. The van der Waals surface area contributed by atoms with Crippen molar-refractivity contribution in [2.45, 2.75) is 38.8 Å². The molecule has 0 saturated carbocycles. The lowest BCUT2D eigenvalue weighted by Gasteiger charge is -2.36. The third-order valence-corrected chi connectivity index (χ3v) is 4.32. The number of halogens is 1. The maximum atomic E-state index is 12.5. The van der Waals surface area contributed by atoms with E-state index < -0.39 is 11.7 Å². The Morgan fingerprint density at radius 3 is 2.56 bits per heavy atom. The molecule has 0 spiro atoms. The highest BCUT2D eigenvalue weighted by Crippen LogP contribution is 2.14. The number of hydrogen-bond acceptors (Lipinski definition) is 4. The fourth-order valence-electron chi connectivity index (χ4n) is 2.85. The summed E-state index contributed by atoms with van der Waals surface area (Å²) in [6.07, 6.45) is 0.271. The van der Waals surface area contributed by atoms with Crippen LogP contribution in [0, 0.1) is 0 Å². The summed E-state index contributed by atoms with van der Waals surface area (Å²) in [6, 6.07) is 7.63. The highest BCUT2D eigenvalue weighted by atomic mass is 35.5. The zero-order valence-corrected chi connectivity index (χ0v) is 16.9. The molecule has 1 saturated heterocycles. The van der Waals surface area contributed by atoms with Gasteiger partial charge in [-0.2, -0.15) is 0 Å². The van der Waals surface area contributed by atoms with Gasteiger partial charge < -0.3 is 25.6 Å². The van der Waals surface area contributed by atoms with Crippen LogP contribution in [0.3, 0.4) is 0 Å². The quantitative estimate of drug-likeness (QED) is 0.667. The lowest BCUT2D eigenvalue weighted by Crippen LogP contribution is -2.57. The Bertz CT molecular complexity index is 631. The average molecular weight is 397 g/mol. The van der Waals surface area contributed by atoms with Crippen LogP contribution in [0.25, 0.3) is 0 Å². The van der Waals surface area contributed by atoms with Crippen LogP contribution in [0.2, 0.25) is 5.02 Å². The molecule has 0 radical (unpaired) electrons. The van der Waals surface area contributed by atoms with Gasteiger partial charge in [0.1, 0.15) is 5.60 Å². The van der Waals surface area contributed by atoms with Crippen LogP contribution in [-0.4, -0.2) is 61.4 Å². The number of hydrogen-bond donors (Lipinski definition) is 3. The Kier molecular flexibility index (Phi) is 7.74. The van der Waals surface area contributed by atoms with Crippen LogP contribution in [0.1, 0.15) is 26.3 Å². The Labute approximate surface area is 165 Å². The Morgan fingerprint density at radius 1 is 1.22 bits per heavy atom. The first-order valence-corrected chi connectivity index (χ1v) is 9.59. The minimum absolute atomic E-state index is 0.0683. The molecule has 1 aromatic rings. The summed E-state index contributed by atoms with van der Waals surface area (Å²) in [5.74, 6) is 0. The third kappa shape index (κ3) is 7.64. The second-order valence-electron chi connectivity index (χ2n) is 7.54. The van der Waals surface area contributed by atoms with Crippen LogP contribution in [0.5, 0.6) is 0 Å². The maximum absolute atomic E-state index is 12.5. The van der Waals surface area contributed by atoms with Gasteiger partial charge >= 0.3 is 12.1 Å². The number of carbonyl (C=O) groups excluding carboxylic acids is 2. The summed E-state index contributed by atoms with van der Waals surface area (Å²) in [7, 11) is 0. The van der Waals surface area contributed by atoms with Crippen molar-refractivity contribution in [3.63, 3.8) is 0 Å². The summed E-state index contributed by atoms with van der Waals surface area (Å²) in [5.41, 5.74) is 0.598. The predicted octanol–water partition coefficient (Wildman–Crippen LogP) is 2.39. The molecule has 1 aliphatic rings. The van der Waals surface area contributed by atoms with Gasteiger partial charge in [0, 0.05) is 43.8 Å². The number of carbonyl (C=O) groups is 2. The third-order valence-electron chi connectivity index (χ3n) is 4.07. The number of ether oxygens (including phenoxy) is 1. The molecule has 3 amide bonds. The molecule has 7 nitrogen and oxygen atoms in total. The number of amides is 3. The lowest BCUT2D eigenvalue weighted by atomic mass is 10.0. The molecule has 8 heteroatoms. The minimum Gasteiger partial charge on any atom is -0.444 e. The van der Waals surface area contributed by atoms with Gasteiger partial charge in [0.2, 0.25) is 0 Å². The molecule has 0 aliphatic carbocycles. The number of rotatable bonds is 5. The van der Waals surface area contributed by atoms with Crippen LogP contribution >= 0.6 is 11.6 Å². The van der Waals surface area contributed by atoms with Crippen molar-refractivity contribution in [1.82, 2.24) is 20.9 Å². The first kappa shape index (κ1) is 21.3. The maximum Gasteiger partial charge on any atom is 0.407 e. The molecular weight excluding hydrogens is 368 g/mol. The average Bonchev–Trinajstić information content (AvgIpc) is 2.59. The zero-order valence-electron chi connectivity index (χ0n) is 16.2. The SMILES string of the molecule is CC(C)(C)OC(=O)NCCNC(=O)N1CCNCC1Cc1ccc(Cl)cc1.